The van der Waals surface area contributed by atoms with Crippen LogP contribution in [0.3, 0.4) is 0 Å². The Hall–Kier alpha value is -3.52. The molecule has 7 nitrogen and oxygen atoms in total. The fourth-order valence-corrected chi connectivity index (χ4v) is 3.13. The SMILES string of the molecule is CC(=O)Nc1ccc(NC(=O)c2csc(-c3ccc(C(N)=O)cc3)n2)cc1. The van der Waals surface area contributed by atoms with Crippen LogP contribution in [0.4, 0.5) is 11.4 Å². The molecular weight excluding hydrogens is 364 g/mol. The van der Waals surface area contributed by atoms with E-state index in [1.54, 1.807) is 53.9 Å². The lowest BCUT2D eigenvalue weighted by molar-refractivity contribution is -0.114. The first-order valence-corrected chi connectivity index (χ1v) is 8.85. The Kier molecular flexibility index (Phi) is 5.28. The molecule has 27 heavy (non-hydrogen) atoms. The average Bonchev–Trinajstić information content (AvgIpc) is 3.13. The number of primary amides is 1. The van der Waals surface area contributed by atoms with Crippen molar-refractivity contribution in [3.8, 4) is 10.6 Å². The van der Waals surface area contributed by atoms with Gasteiger partial charge < -0.3 is 16.4 Å². The smallest absolute Gasteiger partial charge is 0.275 e. The van der Waals surface area contributed by atoms with Crippen molar-refractivity contribution in [2.45, 2.75) is 6.92 Å². The summed E-state index contributed by atoms with van der Waals surface area (Å²) < 4.78 is 0. The van der Waals surface area contributed by atoms with Gasteiger partial charge in [0.2, 0.25) is 11.8 Å². The molecule has 0 saturated heterocycles. The van der Waals surface area contributed by atoms with E-state index < -0.39 is 5.91 Å². The molecule has 0 atom stereocenters. The zero-order chi connectivity index (χ0) is 19.4. The number of hydrogen-bond acceptors (Lipinski definition) is 5. The third-order valence-corrected chi connectivity index (χ3v) is 4.51. The first-order chi connectivity index (χ1) is 12.9. The third-order valence-electron chi connectivity index (χ3n) is 3.62. The van der Waals surface area contributed by atoms with Crippen LogP contribution in [0.2, 0.25) is 0 Å². The number of hydrogen-bond donors (Lipinski definition) is 3. The molecule has 0 unspecified atom stereocenters. The lowest BCUT2D eigenvalue weighted by Crippen LogP contribution is -2.12. The van der Waals surface area contributed by atoms with Crippen LogP contribution in [0.5, 0.6) is 0 Å². The summed E-state index contributed by atoms with van der Waals surface area (Å²) in [6, 6.07) is 13.5. The highest BCUT2D eigenvalue weighted by molar-refractivity contribution is 7.13. The normalized spacial score (nSPS) is 10.3. The van der Waals surface area contributed by atoms with Crippen LogP contribution in [0.15, 0.2) is 53.9 Å². The lowest BCUT2D eigenvalue weighted by atomic mass is 10.1. The van der Waals surface area contributed by atoms with Crippen LogP contribution in [0.25, 0.3) is 10.6 Å². The van der Waals surface area contributed by atoms with Crippen molar-refractivity contribution in [2.24, 2.45) is 5.73 Å². The van der Waals surface area contributed by atoms with Gasteiger partial charge in [-0.05, 0) is 36.4 Å². The molecule has 3 rings (SSSR count). The number of rotatable bonds is 5. The van der Waals surface area contributed by atoms with Gasteiger partial charge in [0, 0.05) is 34.8 Å². The van der Waals surface area contributed by atoms with Gasteiger partial charge in [-0.25, -0.2) is 4.98 Å². The Morgan fingerprint density at radius 2 is 1.52 bits per heavy atom. The van der Waals surface area contributed by atoms with E-state index in [1.807, 2.05) is 0 Å². The summed E-state index contributed by atoms with van der Waals surface area (Å²) in [5.41, 5.74) is 7.97. The fourth-order valence-electron chi connectivity index (χ4n) is 2.32. The van der Waals surface area contributed by atoms with E-state index in [-0.39, 0.29) is 11.8 Å². The van der Waals surface area contributed by atoms with Gasteiger partial charge in [-0.2, -0.15) is 0 Å². The Morgan fingerprint density at radius 3 is 2.07 bits per heavy atom. The molecule has 3 aromatic rings. The van der Waals surface area contributed by atoms with E-state index in [4.69, 9.17) is 5.73 Å². The highest BCUT2D eigenvalue weighted by atomic mass is 32.1. The van der Waals surface area contributed by atoms with Crippen LogP contribution in [-0.4, -0.2) is 22.7 Å². The molecule has 0 spiro atoms. The number of anilines is 2. The van der Waals surface area contributed by atoms with Crippen LogP contribution in [0.1, 0.15) is 27.8 Å². The number of aromatic nitrogens is 1. The average molecular weight is 380 g/mol. The maximum absolute atomic E-state index is 12.4. The number of carbonyl (C=O) groups is 3. The number of carbonyl (C=O) groups excluding carboxylic acids is 3. The molecule has 8 heteroatoms. The van der Waals surface area contributed by atoms with Gasteiger partial charge in [-0.15, -0.1) is 11.3 Å². The largest absolute Gasteiger partial charge is 0.366 e. The second kappa shape index (κ2) is 7.79. The summed E-state index contributed by atoms with van der Waals surface area (Å²) in [5, 5.41) is 7.75. The lowest BCUT2D eigenvalue weighted by Gasteiger charge is -2.05. The summed E-state index contributed by atoms with van der Waals surface area (Å²) >= 11 is 1.33. The molecule has 0 saturated carbocycles. The monoisotopic (exact) mass is 380 g/mol. The van der Waals surface area contributed by atoms with Gasteiger partial charge in [0.25, 0.3) is 5.91 Å². The van der Waals surface area contributed by atoms with Crippen molar-refractivity contribution < 1.29 is 14.4 Å². The minimum absolute atomic E-state index is 0.161. The summed E-state index contributed by atoms with van der Waals surface area (Å²) in [5.74, 6) is -0.991. The summed E-state index contributed by atoms with van der Waals surface area (Å²) in [7, 11) is 0. The van der Waals surface area contributed by atoms with Gasteiger partial charge in [-0.1, -0.05) is 12.1 Å². The predicted octanol–water partition coefficient (Wildman–Crippen LogP) is 3.12. The number of nitrogens with zero attached hydrogens (tertiary/aromatic N) is 1. The number of nitrogens with two attached hydrogens (primary N) is 1. The molecule has 1 heterocycles. The Morgan fingerprint density at radius 1 is 0.926 bits per heavy atom. The molecule has 3 amide bonds. The third kappa shape index (κ3) is 4.56. The van der Waals surface area contributed by atoms with Crippen LogP contribution in [-0.2, 0) is 4.79 Å². The maximum atomic E-state index is 12.4. The predicted molar refractivity (Wildman–Crippen MR) is 105 cm³/mol. The van der Waals surface area contributed by atoms with E-state index in [1.165, 1.54) is 18.3 Å². The van der Waals surface area contributed by atoms with Crippen molar-refractivity contribution in [1.29, 1.82) is 0 Å². The van der Waals surface area contributed by atoms with Gasteiger partial charge in [-0.3, -0.25) is 14.4 Å². The molecule has 0 bridgehead atoms. The van der Waals surface area contributed by atoms with E-state index in [0.29, 0.717) is 27.6 Å². The standard InChI is InChI=1S/C19H16N4O3S/c1-11(24)21-14-6-8-15(9-7-14)22-18(26)16-10-27-19(23-16)13-4-2-12(3-5-13)17(20)25/h2-10H,1H3,(H2,20,25)(H,21,24)(H,22,26). The van der Waals surface area contributed by atoms with E-state index in [0.717, 1.165) is 5.56 Å². The molecular formula is C19H16N4O3S. The highest BCUT2D eigenvalue weighted by Crippen LogP contribution is 2.24. The van der Waals surface area contributed by atoms with E-state index in [9.17, 15) is 14.4 Å². The second-order valence-corrected chi connectivity index (χ2v) is 6.55. The van der Waals surface area contributed by atoms with Gasteiger partial charge in [0.1, 0.15) is 10.7 Å². The molecule has 4 N–H and O–H groups in total. The molecule has 0 aliphatic heterocycles. The van der Waals surface area contributed by atoms with E-state index in [2.05, 4.69) is 15.6 Å². The molecule has 0 fully saturated rings. The van der Waals surface area contributed by atoms with Crippen molar-refractivity contribution >= 4 is 40.4 Å². The number of nitrogens with one attached hydrogen (secondary N) is 2. The number of amides is 3. The molecule has 0 radical (unpaired) electrons. The Labute approximate surface area is 159 Å². The first kappa shape index (κ1) is 18.3. The second-order valence-electron chi connectivity index (χ2n) is 5.69. The molecule has 0 aliphatic rings. The topological polar surface area (TPSA) is 114 Å². The highest BCUT2D eigenvalue weighted by Gasteiger charge is 2.12. The number of thiazole rings is 1. The van der Waals surface area contributed by atoms with E-state index >= 15 is 0 Å². The van der Waals surface area contributed by atoms with Gasteiger partial charge in [0.15, 0.2) is 0 Å². The molecule has 136 valence electrons. The Bertz CT molecular complexity index is 995. The van der Waals surface area contributed by atoms with Crippen molar-refractivity contribution in [3.63, 3.8) is 0 Å². The van der Waals surface area contributed by atoms with Gasteiger partial charge in [0.05, 0.1) is 0 Å². The molecule has 0 aliphatic carbocycles. The van der Waals surface area contributed by atoms with Crippen molar-refractivity contribution in [3.05, 3.63) is 65.2 Å². The fraction of sp³-hybridized carbons (Fsp3) is 0.0526. The van der Waals surface area contributed by atoms with Gasteiger partial charge >= 0.3 is 0 Å². The summed E-state index contributed by atoms with van der Waals surface area (Å²) in [6.07, 6.45) is 0. The van der Waals surface area contributed by atoms with Crippen molar-refractivity contribution in [1.82, 2.24) is 4.98 Å². The van der Waals surface area contributed by atoms with Crippen LogP contribution in [0, 0.1) is 0 Å². The maximum Gasteiger partial charge on any atom is 0.275 e. The zero-order valence-electron chi connectivity index (χ0n) is 14.4. The minimum Gasteiger partial charge on any atom is -0.366 e. The first-order valence-electron chi connectivity index (χ1n) is 7.97. The molecule has 2 aromatic carbocycles. The zero-order valence-corrected chi connectivity index (χ0v) is 15.2. The summed E-state index contributed by atoms with van der Waals surface area (Å²) in [6.45, 7) is 1.43. The van der Waals surface area contributed by atoms with Crippen LogP contribution < -0.4 is 16.4 Å². The number of benzene rings is 2. The molecule has 1 aromatic heterocycles. The minimum atomic E-state index is -0.495. The Balaban J connectivity index is 1.69. The van der Waals surface area contributed by atoms with Crippen molar-refractivity contribution in [2.75, 3.05) is 10.6 Å². The van der Waals surface area contributed by atoms with Crippen LogP contribution >= 0.6 is 11.3 Å². The quantitative estimate of drug-likeness (QED) is 0.631. The summed E-state index contributed by atoms with van der Waals surface area (Å²) in [4.78, 5) is 38.9.